The van der Waals surface area contributed by atoms with Crippen molar-refractivity contribution in [2.45, 2.75) is 6.42 Å². The quantitative estimate of drug-likeness (QED) is 0.771. The van der Waals surface area contributed by atoms with Crippen LogP contribution in [0.25, 0.3) is 0 Å². The molecule has 0 spiro atoms. The summed E-state index contributed by atoms with van der Waals surface area (Å²) in [6, 6.07) is 1.61. The van der Waals surface area contributed by atoms with Gasteiger partial charge in [-0.05, 0) is 0 Å². The Kier molecular flexibility index (Phi) is 3.38. The van der Waals surface area contributed by atoms with Gasteiger partial charge in [-0.2, -0.15) is 10.1 Å². The summed E-state index contributed by atoms with van der Waals surface area (Å²) in [5.41, 5.74) is 5.47. The zero-order valence-electron chi connectivity index (χ0n) is 9.26. The van der Waals surface area contributed by atoms with Crippen molar-refractivity contribution in [2.24, 2.45) is 7.05 Å². The maximum atomic E-state index is 5.75. The van der Waals surface area contributed by atoms with Crippen molar-refractivity contribution in [3.8, 4) is 0 Å². The molecule has 0 atom stereocenters. The highest BCUT2D eigenvalue weighted by molar-refractivity contribution is 6.29. The molecule has 0 aromatic carbocycles. The minimum absolute atomic E-state index is 0.149. The van der Waals surface area contributed by atoms with Crippen LogP contribution in [0.2, 0.25) is 5.15 Å². The first-order chi connectivity index (χ1) is 8.13. The number of hydrogen-bond acceptors (Lipinski definition) is 6. The van der Waals surface area contributed by atoms with Crippen LogP contribution in [0.1, 0.15) is 5.82 Å². The number of rotatable bonds is 4. The number of aryl methyl sites for hydroxylation is 1. The van der Waals surface area contributed by atoms with Gasteiger partial charge in [0.2, 0.25) is 5.95 Å². The fraction of sp³-hybridized carbons (Fsp3) is 0.333. The van der Waals surface area contributed by atoms with Gasteiger partial charge in [0.15, 0.2) is 5.82 Å². The lowest BCUT2D eigenvalue weighted by Gasteiger charge is -2.04. The van der Waals surface area contributed by atoms with Crippen LogP contribution < -0.4 is 11.1 Å². The van der Waals surface area contributed by atoms with Gasteiger partial charge in [0, 0.05) is 26.1 Å². The molecule has 2 rings (SSSR count). The lowest BCUT2D eigenvalue weighted by atomic mass is 10.4. The molecule has 0 aliphatic heterocycles. The number of nitrogens with two attached hydrogens (primary N) is 1. The Balaban J connectivity index is 1.89. The Hall–Kier alpha value is -1.89. The summed E-state index contributed by atoms with van der Waals surface area (Å²) in [6.45, 7) is 0.650. The second-order valence-electron chi connectivity index (χ2n) is 3.45. The Bertz CT molecular complexity index is 490. The maximum Gasteiger partial charge on any atom is 0.223 e. The highest BCUT2D eigenvalue weighted by Gasteiger charge is 2.01. The van der Waals surface area contributed by atoms with Crippen LogP contribution >= 0.6 is 11.6 Å². The van der Waals surface area contributed by atoms with Gasteiger partial charge in [-0.3, -0.25) is 4.68 Å². The van der Waals surface area contributed by atoms with Crippen LogP contribution in [0.15, 0.2) is 12.4 Å². The number of nitrogen functional groups attached to an aromatic ring is 1. The number of aromatic nitrogens is 5. The molecule has 0 aliphatic carbocycles. The highest BCUT2D eigenvalue weighted by atomic mass is 35.5. The van der Waals surface area contributed by atoms with Crippen LogP contribution in [0, 0.1) is 0 Å². The molecule has 0 saturated carbocycles. The molecule has 0 amide bonds. The van der Waals surface area contributed by atoms with E-state index >= 15 is 0 Å². The molecular formula is C9H12ClN7. The summed E-state index contributed by atoms with van der Waals surface area (Å²) in [4.78, 5) is 11.9. The van der Waals surface area contributed by atoms with E-state index in [4.69, 9.17) is 17.3 Å². The third kappa shape index (κ3) is 3.28. The van der Waals surface area contributed by atoms with Crippen molar-refractivity contribution in [1.82, 2.24) is 24.7 Å². The standard InChI is InChI=1S/C9H12ClN7/c1-17-5-13-7(16-17)2-3-12-8-4-6(10)14-9(11)15-8/h4-5H,2-3H2,1H3,(H3,11,12,14,15). The Morgan fingerprint density at radius 3 is 2.94 bits per heavy atom. The molecule has 0 radical (unpaired) electrons. The van der Waals surface area contributed by atoms with Crippen LogP contribution in [0.3, 0.4) is 0 Å². The Morgan fingerprint density at radius 1 is 1.47 bits per heavy atom. The summed E-state index contributed by atoms with van der Waals surface area (Å²) >= 11 is 5.75. The van der Waals surface area contributed by atoms with E-state index in [-0.39, 0.29) is 5.95 Å². The van der Waals surface area contributed by atoms with Crippen LogP contribution in [-0.2, 0) is 13.5 Å². The van der Waals surface area contributed by atoms with Crippen molar-refractivity contribution >= 4 is 23.4 Å². The molecule has 90 valence electrons. The topological polar surface area (TPSA) is 94.5 Å². The van der Waals surface area contributed by atoms with Gasteiger partial charge in [-0.1, -0.05) is 11.6 Å². The third-order valence-electron chi connectivity index (χ3n) is 2.01. The van der Waals surface area contributed by atoms with Gasteiger partial charge in [-0.25, -0.2) is 9.97 Å². The van der Waals surface area contributed by atoms with Crippen molar-refractivity contribution in [1.29, 1.82) is 0 Å². The van der Waals surface area contributed by atoms with Gasteiger partial charge >= 0.3 is 0 Å². The summed E-state index contributed by atoms with van der Waals surface area (Å²) in [7, 11) is 1.83. The summed E-state index contributed by atoms with van der Waals surface area (Å²) in [6.07, 6.45) is 2.36. The fourth-order valence-electron chi connectivity index (χ4n) is 1.33. The van der Waals surface area contributed by atoms with Gasteiger partial charge in [0.05, 0.1) is 0 Å². The van der Waals surface area contributed by atoms with E-state index in [1.807, 2.05) is 7.05 Å². The van der Waals surface area contributed by atoms with E-state index in [1.54, 1.807) is 17.1 Å². The summed E-state index contributed by atoms with van der Waals surface area (Å²) in [5.74, 6) is 1.52. The molecule has 0 saturated heterocycles. The number of halogens is 1. The molecule has 2 heterocycles. The smallest absolute Gasteiger partial charge is 0.223 e. The Labute approximate surface area is 103 Å². The molecule has 2 aromatic heterocycles. The number of anilines is 2. The minimum atomic E-state index is 0.149. The number of hydrogen-bond donors (Lipinski definition) is 2. The second-order valence-corrected chi connectivity index (χ2v) is 3.83. The monoisotopic (exact) mass is 253 g/mol. The zero-order valence-corrected chi connectivity index (χ0v) is 10.0. The molecular weight excluding hydrogens is 242 g/mol. The lowest BCUT2D eigenvalue weighted by Crippen LogP contribution is -2.09. The van der Waals surface area contributed by atoms with Crippen molar-refractivity contribution in [3.63, 3.8) is 0 Å². The minimum Gasteiger partial charge on any atom is -0.369 e. The van der Waals surface area contributed by atoms with E-state index in [0.29, 0.717) is 23.9 Å². The molecule has 7 nitrogen and oxygen atoms in total. The van der Waals surface area contributed by atoms with Gasteiger partial charge in [0.1, 0.15) is 17.3 Å². The Morgan fingerprint density at radius 2 is 2.29 bits per heavy atom. The number of nitrogens with zero attached hydrogens (tertiary/aromatic N) is 5. The largest absolute Gasteiger partial charge is 0.369 e. The molecule has 0 unspecified atom stereocenters. The predicted molar refractivity (Wildman–Crippen MR) is 64.7 cm³/mol. The average molecular weight is 254 g/mol. The normalized spacial score (nSPS) is 10.5. The third-order valence-corrected chi connectivity index (χ3v) is 2.21. The van der Waals surface area contributed by atoms with E-state index < -0.39 is 0 Å². The van der Waals surface area contributed by atoms with Gasteiger partial charge in [0.25, 0.3) is 0 Å². The lowest BCUT2D eigenvalue weighted by molar-refractivity contribution is 0.742. The highest BCUT2D eigenvalue weighted by Crippen LogP contribution is 2.12. The summed E-state index contributed by atoms with van der Waals surface area (Å²) < 4.78 is 1.66. The molecule has 3 N–H and O–H groups in total. The molecule has 0 aliphatic rings. The predicted octanol–water partition coefficient (Wildman–Crippen LogP) is 0.495. The molecule has 2 aromatic rings. The van der Waals surface area contributed by atoms with Crippen LogP contribution in [0.5, 0.6) is 0 Å². The molecule has 8 heteroatoms. The molecule has 0 bridgehead atoms. The van der Waals surface area contributed by atoms with E-state index in [9.17, 15) is 0 Å². The van der Waals surface area contributed by atoms with Gasteiger partial charge < -0.3 is 11.1 Å². The van der Waals surface area contributed by atoms with E-state index in [0.717, 1.165) is 5.82 Å². The first-order valence-corrected chi connectivity index (χ1v) is 5.40. The average Bonchev–Trinajstić information content (AvgIpc) is 2.63. The molecule has 0 fully saturated rings. The van der Waals surface area contributed by atoms with Gasteiger partial charge in [-0.15, -0.1) is 0 Å². The first kappa shape index (κ1) is 11.6. The SMILES string of the molecule is Cn1cnc(CCNc2cc(Cl)nc(N)n2)n1. The van der Waals surface area contributed by atoms with Crippen molar-refractivity contribution in [3.05, 3.63) is 23.4 Å². The first-order valence-electron chi connectivity index (χ1n) is 5.02. The van der Waals surface area contributed by atoms with Crippen molar-refractivity contribution in [2.75, 3.05) is 17.6 Å². The van der Waals surface area contributed by atoms with E-state index in [1.165, 1.54) is 0 Å². The molecule has 17 heavy (non-hydrogen) atoms. The van der Waals surface area contributed by atoms with Crippen LogP contribution in [0.4, 0.5) is 11.8 Å². The number of nitrogens with one attached hydrogen (secondary N) is 1. The zero-order chi connectivity index (χ0) is 12.3. The summed E-state index contributed by atoms with van der Waals surface area (Å²) in [5, 5.41) is 7.55. The second kappa shape index (κ2) is 4.96. The van der Waals surface area contributed by atoms with Crippen molar-refractivity contribution < 1.29 is 0 Å². The van der Waals surface area contributed by atoms with E-state index in [2.05, 4.69) is 25.4 Å². The maximum absolute atomic E-state index is 5.75. The fourth-order valence-corrected chi connectivity index (χ4v) is 1.52. The van der Waals surface area contributed by atoms with Crippen LogP contribution in [-0.4, -0.2) is 31.3 Å².